The molecule has 0 atom stereocenters. The standard InChI is InChI=1S/C22H21F4N3O2S/c1-2-29(12-20(30)28-19-6-4-3-5-18(19)22(24,25)26)11-16-14-32-21(27-16)13-31-17-9-7-15(23)8-10-17/h3-10,14H,2,11-13H2,1H3,(H,28,30). The fourth-order valence-electron chi connectivity index (χ4n) is 2.90. The van der Waals surface area contributed by atoms with E-state index in [9.17, 15) is 22.4 Å². The van der Waals surface area contributed by atoms with E-state index < -0.39 is 17.6 Å². The third kappa shape index (κ3) is 6.76. The molecule has 0 aliphatic rings. The van der Waals surface area contributed by atoms with Crippen molar-refractivity contribution < 1.29 is 27.1 Å². The van der Waals surface area contributed by atoms with Gasteiger partial charge in [-0.3, -0.25) is 9.69 Å². The van der Waals surface area contributed by atoms with E-state index in [4.69, 9.17) is 4.74 Å². The molecule has 3 rings (SSSR count). The first-order chi connectivity index (χ1) is 15.2. The molecule has 32 heavy (non-hydrogen) atoms. The number of ether oxygens (including phenoxy) is 1. The molecule has 0 aliphatic carbocycles. The van der Waals surface area contributed by atoms with Gasteiger partial charge in [-0.25, -0.2) is 9.37 Å². The zero-order valence-electron chi connectivity index (χ0n) is 17.2. The number of rotatable bonds is 9. The molecule has 0 unspecified atom stereocenters. The molecule has 0 aliphatic heterocycles. The molecule has 0 saturated carbocycles. The Balaban J connectivity index is 1.54. The third-order valence-electron chi connectivity index (χ3n) is 4.48. The topological polar surface area (TPSA) is 54.5 Å². The molecule has 170 valence electrons. The van der Waals surface area contributed by atoms with Gasteiger partial charge in [0.25, 0.3) is 0 Å². The summed E-state index contributed by atoms with van der Waals surface area (Å²) < 4.78 is 57.8. The summed E-state index contributed by atoms with van der Waals surface area (Å²) in [5, 5.41) is 4.90. The lowest BCUT2D eigenvalue weighted by atomic mass is 10.1. The van der Waals surface area contributed by atoms with Crippen LogP contribution in [0.4, 0.5) is 23.2 Å². The average molecular weight is 467 g/mol. The van der Waals surface area contributed by atoms with Gasteiger partial charge in [-0.05, 0) is 42.9 Å². The Morgan fingerprint density at radius 3 is 2.56 bits per heavy atom. The molecule has 10 heteroatoms. The van der Waals surface area contributed by atoms with Crippen molar-refractivity contribution in [2.45, 2.75) is 26.3 Å². The van der Waals surface area contributed by atoms with Crippen LogP contribution in [-0.4, -0.2) is 28.9 Å². The van der Waals surface area contributed by atoms with Crippen molar-refractivity contribution in [2.24, 2.45) is 0 Å². The largest absolute Gasteiger partial charge is 0.486 e. The summed E-state index contributed by atoms with van der Waals surface area (Å²) in [5.74, 6) is -0.368. The van der Waals surface area contributed by atoms with E-state index in [0.29, 0.717) is 23.8 Å². The number of halogens is 4. The molecule has 0 radical (unpaired) electrons. The number of likely N-dealkylation sites (N-methyl/N-ethyl adjacent to an activating group) is 1. The van der Waals surface area contributed by atoms with Gasteiger partial charge in [0.1, 0.15) is 23.2 Å². The van der Waals surface area contributed by atoms with Gasteiger partial charge in [-0.2, -0.15) is 13.2 Å². The number of hydrogen-bond donors (Lipinski definition) is 1. The Bertz CT molecular complexity index is 1040. The van der Waals surface area contributed by atoms with E-state index in [1.807, 2.05) is 12.3 Å². The van der Waals surface area contributed by atoms with Crippen LogP contribution in [-0.2, 0) is 24.1 Å². The zero-order chi connectivity index (χ0) is 23.1. The van der Waals surface area contributed by atoms with E-state index in [-0.39, 0.29) is 24.7 Å². The number of aromatic nitrogens is 1. The molecule has 0 spiro atoms. The van der Waals surface area contributed by atoms with Crippen LogP contribution in [0.25, 0.3) is 0 Å². The minimum absolute atomic E-state index is 0.0817. The molecule has 1 amide bonds. The third-order valence-corrected chi connectivity index (χ3v) is 5.35. The molecule has 0 fully saturated rings. The first-order valence-corrected chi connectivity index (χ1v) is 10.6. The minimum Gasteiger partial charge on any atom is -0.486 e. The van der Waals surface area contributed by atoms with E-state index in [1.54, 1.807) is 4.90 Å². The van der Waals surface area contributed by atoms with Gasteiger partial charge in [0.05, 0.1) is 23.5 Å². The first-order valence-electron chi connectivity index (χ1n) is 9.74. The summed E-state index contributed by atoms with van der Waals surface area (Å²) in [5.41, 5.74) is -0.435. The monoisotopic (exact) mass is 467 g/mol. The highest BCUT2D eigenvalue weighted by Crippen LogP contribution is 2.34. The van der Waals surface area contributed by atoms with Crippen LogP contribution in [0.15, 0.2) is 53.9 Å². The van der Waals surface area contributed by atoms with Crippen molar-refractivity contribution in [3.05, 3.63) is 76.0 Å². The van der Waals surface area contributed by atoms with Crippen LogP contribution < -0.4 is 10.1 Å². The number of carbonyl (C=O) groups excluding carboxylic acids is 1. The van der Waals surface area contributed by atoms with E-state index in [0.717, 1.165) is 11.8 Å². The quantitative estimate of drug-likeness (QED) is 0.432. The van der Waals surface area contributed by atoms with E-state index in [2.05, 4.69) is 10.3 Å². The number of para-hydroxylation sites is 1. The minimum atomic E-state index is -4.55. The predicted molar refractivity (Wildman–Crippen MR) is 114 cm³/mol. The van der Waals surface area contributed by atoms with Crippen LogP contribution in [0, 0.1) is 5.82 Å². The van der Waals surface area contributed by atoms with Gasteiger partial charge in [-0.15, -0.1) is 11.3 Å². The van der Waals surface area contributed by atoms with Crippen molar-refractivity contribution in [1.82, 2.24) is 9.88 Å². The zero-order valence-corrected chi connectivity index (χ0v) is 18.0. The Labute approximate surface area is 186 Å². The number of amides is 1. The maximum absolute atomic E-state index is 13.1. The molecule has 1 aromatic heterocycles. The number of anilines is 1. The van der Waals surface area contributed by atoms with Gasteiger partial charge >= 0.3 is 6.18 Å². The lowest BCUT2D eigenvalue weighted by Crippen LogP contribution is -2.33. The van der Waals surface area contributed by atoms with Gasteiger partial charge < -0.3 is 10.1 Å². The highest BCUT2D eigenvalue weighted by molar-refractivity contribution is 7.09. The molecular formula is C22H21F4N3O2S. The highest BCUT2D eigenvalue weighted by Gasteiger charge is 2.33. The smallest absolute Gasteiger partial charge is 0.418 e. The second kappa shape index (κ2) is 10.6. The maximum Gasteiger partial charge on any atom is 0.418 e. The highest BCUT2D eigenvalue weighted by atomic mass is 32.1. The van der Waals surface area contributed by atoms with Crippen LogP contribution in [0.3, 0.4) is 0 Å². The predicted octanol–water partition coefficient (Wildman–Crippen LogP) is 5.34. The first kappa shape index (κ1) is 23.7. The van der Waals surface area contributed by atoms with Crippen molar-refractivity contribution >= 4 is 22.9 Å². The normalized spacial score (nSPS) is 11.6. The Kier molecular flexibility index (Phi) is 7.81. The Morgan fingerprint density at radius 1 is 1.16 bits per heavy atom. The van der Waals surface area contributed by atoms with E-state index >= 15 is 0 Å². The molecule has 3 aromatic rings. The summed E-state index contributed by atoms with van der Waals surface area (Å²) in [6, 6.07) is 10.5. The molecule has 1 N–H and O–H groups in total. The SMILES string of the molecule is CCN(CC(=O)Nc1ccccc1C(F)(F)F)Cc1csc(COc2ccc(F)cc2)n1. The Hall–Kier alpha value is -2.98. The number of benzene rings is 2. The second-order valence-electron chi connectivity index (χ2n) is 6.87. The van der Waals surface area contributed by atoms with Gasteiger partial charge in [-0.1, -0.05) is 19.1 Å². The number of nitrogens with zero attached hydrogens (tertiary/aromatic N) is 2. The summed E-state index contributed by atoms with van der Waals surface area (Å²) in [6.07, 6.45) is -4.55. The molecule has 2 aromatic carbocycles. The van der Waals surface area contributed by atoms with Crippen LogP contribution in [0.1, 0.15) is 23.2 Å². The molecular weight excluding hydrogens is 446 g/mol. The van der Waals surface area contributed by atoms with Crippen molar-refractivity contribution in [1.29, 1.82) is 0 Å². The van der Waals surface area contributed by atoms with Crippen LogP contribution in [0.2, 0.25) is 0 Å². The number of hydrogen-bond acceptors (Lipinski definition) is 5. The summed E-state index contributed by atoms with van der Waals surface area (Å²) >= 11 is 1.39. The fourth-order valence-corrected chi connectivity index (χ4v) is 3.60. The van der Waals surface area contributed by atoms with Crippen molar-refractivity contribution in [2.75, 3.05) is 18.4 Å². The molecule has 0 bridgehead atoms. The van der Waals surface area contributed by atoms with Gasteiger partial charge in [0, 0.05) is 11.9 Å². The molecule has 5 nitrogen and oxygen atoms in total. The summed E-state index contributed by atoms with van der Waals surface area (Å²) in [6.45, 7) is 2.85. The number of nitrogens with one attached hydrogen (secondary N) is 1. The second-order valence-corrected chi connectivity index (χ2v) is 7.81. The lowest BCUT2D eigenvalue weighted by Gasteiger charge is -2.19. The maximum atomic E-state index is 13.1. The lowest BCUT2D eigenvalue weighted by molar-refractivity contribution is -0.137. The fraction of sp³-hybridized carbons (Fsp3) is 0.273. The summed E-state index contributed by atoms with van der Waals surface area (Å²) in [4.78, 5) is 18.6. The van der Waals surface area contributed by atoms with Crippen LogP contribution >= 0.6 is 11.3 Å². The Morgan fingerprint density at radius 2 is 1.88 bits per heavy atom. The van der Waals surface area contributed by atoms with Crippen LogP contribution in [0.5, 0.6) is 5.75 Å². The van der Waals surface area contributed by atoms with Crippen molar-refractivity contribution in [3.63, 3.8) is 0 Å². The molecule has 1 heterocycles. The van der Waals surface area contributed by atoms with Crippen molar-refractivity contribution in [3.8, 4) is 5.75 Å². The summed E-state index contributed by atoms with van der Waals surface area (Å²) in [7, 11) is 0. The molecule has 0 saturated heterocycles. The number of carbonyl (C=O) groups is 1. The van der Waals surface area contributed by atoms with E-state index in [1.165, 1.54) is 53.8 Å². The number of thiazole rings is 1. The number of alkyl halides is 3. The average Bonchev–Trinajstić information content (AvgIpc) is 3.19. The van der Waals surface area contributed by atoms with Gasteiger partial charge in [0.2, 0.25) is 5.91 Å². The van der Waals surface area contributed by atoms with Gasteiger partial charge in [0.15, 0.2) is 0 Å².